The minimum atomic E-state index is -0.0184. The number of fused-ring (bicyclic) bond motifs is 1. The van der Waals surface area contributed by atoms with Gasteiger partial charge in [-0.25, -0.2) is 4.68 Å². The maximum atomic E-state index is 12.4. The fourth-order valence-corrected chi connectivity index (χ4v) is 5.18. The van der Waals surface area contributed by atoms with E-state index in [9.17, 15) is 4.79 Å². The number of nitrogens with one attached hydrogen (secondary N) is 1. The Balaban J connectivity index is 1.87. The van der Waals surface area contributed by atoms with Crippen LogP contribution in [0.1, 0.15) is 27.6 Å². The van der Waals surface area contributed by atoms with Crippen molar-refractivity contribution >= 4 is 39.4 Å². The second kappa shape index (κ2) is 7.64. The number of aromatic nitrogens is 2. The summed E-state index contributed by atoms with van der Waals surface area (Å²) in [4.78, 5) is 12.4. The third-order valence-electron chi connectivity index (χ3n) is 4.73. The number of ether oxygens (including phenoxy) is 1. The molecule has 1 N–H and O–H groups in total. The molecule has 0 fully saturated rings. The molecular weight excluding hydrogens is 438 g/mol. The summed E-state index contributed by atoms with van der Waals surface area (Å²) in [6, 6.07) is 14.2. The molecule has 7 heteroatoms. The zero-order valence-electron chi connectivity index (χ0n) is 15.8. The molecule has 1 aliphatic rings. The van der Waals surface area contributed by atoms with E-state index in [1.807, 2.05) is 48.9 Å². The van der Waals surface area contributed by atoms with E-state index in [2.05, 4.69) is 33.4 Å². The number of thioether (sulfide) groups is 1. The van der Waals surface area contributed by atoms with Crippen LogP contribution in [0.3, 0.4) is 0 Å². The van der Waals surface area contributed by atoms with Gasteiger partial charge in [-0.05, 0) is 65.2 Å². The molecule has 1 unspecified atom stereocenters. The molecule has 0 spiro atoms. The van der Waals surface area contributed by atoms with Crippen LogP contribution in [0.15, 0.2) is 46.9 Å². The average molecular weight is 458 g/mol. The summed E-state index contributed by atoms with van der Waals surface area (Å²) < 4.78 is 8.09. The Labute approximate surface area is 176 Å². The summed E-state index contributed by atoms with van der Waals surface area (Å²) >= 11 is 5.18. The van der Waals surface area contributed by atoms with Gasteiger partial charge in [-0.3, -0.25) is 4.79 Å². The van der Waals surface area contributed by atoms with E-state index in [1.165, 1.54) is 0 Å². The van der Waals surface area contributed by atoms with Crippen LogP contribution in [0.2, 0.25) is 0 Å². The highest BCUT2D eigenvalue weighted by Gasteiger charge is 2.30. The quantitative estimate of drug-likeness (QED) is 0.598. The smallest absolute Gasteiger partial charge is 0.235 e. The molecule has 1 atom stereocenters. The van der Waals surface area contributed by atoms with E-state index < -0.39 is 0 Å². The molecule has 1 aromatic heterocycles. The standard InChI is InChI=1S/C21H20BrN3O2S/c1-12-5-4-6-15(9-12)25-21-19(13(2)24-25)20(28-11-18(26)23-21)14-7-8-17(27-3)16(22)10-14/h4-10,20H,11H2,1-3H3,(H,23,26). The van der Waals surface area contributed by atoms with E-state index in [0.717, 1.165) is 44.1 Å². The molecule has 4 rings (SSSR count). The molecule has 2 heterocycles. The summed E-state index contributed by atoms with van der Waals surface area (Å²) in [5.74, 6) is 1.89. The van der Waals surface area contributed by atoms with Gasteiger partial charge in [-0.15, -0.1) is 11.8 Å². The molecule has 0 radical (unpaired) electrons. The Hall–Kier alpha value is -2.25. The lowest BCUT2D eigenvalue weighted by atomic mass is 10.0. The van der Waals surface area contributed by atoms with Crippen molar-refractivity contribution in [3.8, 4) is 11.4 Å². The number of anilines is 1. The Bertz CT molecular complexity index is 1060. The molecule has 1 aliphatic heterocycles. The van der Waals surface area contributed by atoms with Crippen molar-refractivity contribution in [2.24, 2.45) is 0 Å². The van der Waals surface area contributed by atoms with Gasteiger partial charge in [-0.1, -0.05) is 18.2 Å². The summed E-state index contributed by atoms with van der Waals surface area (Å²) in [6.45, 7) is 4.04. The number of benzene rings is 2. The van der Waals surface area contributed by atoms with Crippen LogP contribution in [0, 0.1) is 13.8 Å². The predicted molar refractivity (Wildman–Crippen MR) is 117 cm³/mol. The highest BCUT2D eigenvalue weighted by Crippen LogP contribution is 2.45. The van der Waals surface area contributed by atoms with Gasteiger partial charge < -0.3 is 10.1 Å². The lowest BCUT2D eigenvalue weighted by Crippen LogP contribution is -2.15. The minimum Gasteiger partial charge on any atom is -0.496 e. The summed E-state index contributed by atoms with van der Waals surface area (Å²) in [5, 5.41) is 7.83. The number of amides is 1. The lowest BCUT2D eigenvalue weighted by molar-refractivity contribution is -0.113. The van der Waals surface area contributed by atoms with Crippen LogP contribution in [0.5, 0.6) is 5.75 Å². The SMILES string of the molecule is COc1ccc(C2SCC(=O)Nc3c2c(C)nn3-c2cccc(C)c2)cc1Br. The summed E-state index contributed by atoms with van der Waals surface area (Å²) in [7, 11) is 1.65. The second-order valence-corrected chi connectivity index (χ2v) is 8.68. The number of hydrogen-bond donors (Lipinski definition) is 1. The van der Waals surface area contributed by atoms with Gasteiger partial charge in [0.05, 0.1) is 34.0 Å². The van der Waals surface area contributed by atoms with E-state index in [1.54, 1.807) is 18.9 Å². The van der Waals surface area contributed by atoms with Crippen LogP contribution >= 0.6 is 27.7 Å². The van der Waals surface area contributed by atoms with E-state index in [4.69, 9.17) is 9.84 Å². The number of methoxy groups -OCH3 is 1. The predicted octanol–water partition coefficient (Wildman–Crippen LogP) is 5.03. The first-order valence-corrected chi connectivity index (χ1v) is 10.7. The minimum absolute atomic E-state index is 0.00489. The fourth-order valence-electron chi connectivity index (χ4n) is 3.44. The van der Waals surface area contributed by atoms with Crippen LogP contribution in [-0.2, 0) is 4.79 Å². The van der Waals surface area contributed by atoms with Gasteiger partial charge in [0.2, 0.25) is 5.91 Å². The van der Waals surface area contributed by atoms with Gasteiger partial charge in [-0.2, -0.15) is 5.10 Å². The van der Waals surface area contributed by atoms with Crippen molar-refractivity contribution in [2.75, 3.05) is 18.2 Å². The number of halogens is 1. The fraction of sp³-hybridized carbons (Fsp3) is 0.238. The normalized spacial score (nSPS) is 16.3. The van der Waals surface area contributed by atoms with Crippen LogP contribution in [0.25, 0.3) is 5.69 Å². The van der Waals surface area contributed by atoms with Crippen molar-refractivity contribution in [2.45, 2.75) is 19.1 Å². The Kier molecular flexibility index (Phi) is 5.21. The maximum Gasteiger partial charge on any atom is 0.235 e. The molecule has 2 aromatic carbocycles. The molecular formula is C21H20BrN3O2S. The Morgan fingerprint density at radius 1 is 1.25 bits per heavy atom. The molecule has 0 bridgehead atoms. The monoisotopic (exact) mass is 457 g/mol. The van der Waals surface area contributed by atoms with Gasteiger partial charge >= 0.3 is 0 Å². The van der Waals surface area contributed by atoms with Crippen molar-refractivity contribution in [3.05, 3.63) is 69.3 Å². The largest absolute Gasteiger partial charge is 0.496 e. The number of aryl methyl sites for hydroxylation is 2. The number of hydrogen-bond acceptors (Lipinski definition) is 4. The first kappa shape index (κ1) is 19.1. The van der Waals surface area contributed by atoms with Crippen LogP contribution in [0.4, 0.5) is 5.82 Å². The highest BCUT2D eigenvalue weighted by molar-refractivity contribution is 9.10. The van der Waals surface area contributed by atoms with Crippen molar-refractivity contribution in [3.63, 3.8) is 0 Å². The number of nitrogens with zero attached hydrogens (tertiary/aromatic N) is 2. The lowest BCUT2D eigenvalue weighted by Gasteiger charge is -2.16. The van der Waals surface area contributed by atoms with Crippen molar-refractivity contribution < 1.29 is 9.53 Å². The van der Waals surface area contributed by atoms with Crippen molar-refractivity contribution in [1.82, 2.24) is 9.78 Å². The molecule has 28 heavy (non-hydrogen) atoms. The third-order valence-corrected chi connectivity index (χ3v) is 6.62. The van der Waals surface area contributed by atoms with Gasteiger partial charge in [0.15, 0.2) is 0 Å². The zero-order chi connectivity index (χ0) is 19.8. The molecule has 1 amide bonds. The Morgan fingerprint density at radius 2 is 2.07 bits per heavy atom. The van der Waals surface area contributed by atoms with Crippen LogP contribution < -0.4 is 10.1 Å². The van der Waals surface area contributed by atoms with E-state index >= 15 is 0 Å². The average Bonchev–Trinajstić information content (AvgIpc) is 2.87. The summed E-state index contributed by atoms with van der Waals surface area (Å²) in [5.41, 5.74) is 5.12. The van der Waals surface area contributed by atoms with Gasteiger partial charge in [0.25, 0.3) is 0 Å². The molecule has 0 saturated carbocycles. The van der Waals surface area contributed by atoms with E-state index in [-0.39, 0.29) is 11.2 Å². The van der Waals surface area contributed by atoms with Crippen LogP contribution in [-0.4, -0.2) is 28.6 Å². The molecule has 144 valence electrons. The number of carbonyl (C=O) groups is 1. The maximum absolute atomic E-state index is 12.4. The first-order chi connectivity index (χ1) is 13.5. The summed E-state index contributed by atoms with van der Waals surface area (Å²) in [6.07, 6.45) is 0. The van der Waals surface area contributed by atoms with Gasteiger partial charge in [0.1, 0.15) is 11.6 Å². The van der Waals surface area contributed by atoms with Crippen molar-refractivity contribution in [1.29, 1.82) is 0 Å². The second-order valence-electron chi connectivity index (χ2n) is 6.73. The Morgan fingerprint density at radius 3 is 2.79 bits per heavy atom. The van der Waals surface area contributed by atoms with E-state index in [0.29, 0.717) is 5.75 Å². The third kappa shape index (κ3) is 3.44. The molecule has 0 aliphatic carbocycles. The molecule has 5 nitrogen and oxygen atoms in total. The highest BCUT2D eigenvalue weighted by atomic mass is 79.9. The number of carbonyl (C=O) groups excluding carboxylic acids is 1. The molecule has 3 aromatic rings. The topological polar surface area (TPSA) is 56.1 Å². The zero-order valence-corrected chi connectivity index (χ0v) is 18.2. The van der Waals surface area contributed by atoms with Gasteiger partial charge in [0, 0.05) is 5.56 Å². The number of rotatable bonds is 3. The molecule has 0 saturated heterocycles. The first-order valence-electron chi connectivity index (χ1n) is 8.89.